The normalized spacial score (nSPS) is 21.0. The van der Waals surface area contributed by atoms with Gasteiger partial charge in [-0.1, -0.05) is 18.3 Å². The summed E-state index contributed by atoms with van der Waals surface area (Å²) in [5, 5.41) is 18.7. The molecule has 2 atom stereocenters. The number of halogens is 2. The number of aliphatic hydroxyl groups is 1. The molecule has 0 saturated carbocycles. The standard InChI is InChI=1S/C17H21F2N3O2S/c1-4-13-20-21-17(25-13)12-5-11(8-23)16(15(19)14(12)18)22-6-9(2)24-10(3)7-22/h5,9-10,23H,4,6-8H2,1-3H3. The van der Waals surface area contributed by atoms with Crippen molar-refractivity contribution in [2.45, 2.75) is 46.0 Å². The number of morpholine rings is 1. The molecule has 3 rings (SSSR count). The molecule has 2 unspecified atom stereocenters. The van der Waals surface area contributed by atoms with Crippen LogP contribution in [0.15, 0.2) is 6.07 Å². The van der Waals surface area contributed by atoms with Crippen molar-refractivity contribution in [2.75, 3.05) is 18.0 Å². The van der Waals surface area contributed by atoms with Crippen molar-refractivity contribution in [3.8, 4) is 10.6 Å². The summed E-state index contributed by atoms with van der Waals surface area (Å²) in [6.45, 7) is 6.18. The van der Waals surface area contributed by atoms with E-state index in [2.05, 4.69) is 10.2 Å². The van der Waals surface area contributed by atoms with Gasteiger partial charge in [0, 0.05) is 18.7 Å². The van der Waals surface area contributed by atoms with Gasteiger partial charge in [-0.25, -0.2) is 8.78 Å². The number of aliphatic hydroxyl groups excluding tert-OH is 1. The molecule has 136 valence electrons. The average Bonchev–Trinajstić information content (AvgIpc) is 3.05. The highest BCUT2D eigenvalue weighted by atomic mass is 32.1. The van der Waals surface area contributed by atoms with Gasteiger partial charge >= 0.3 is 0 Å². The SMILES string of the molecule is CCc1nnc(-c2cc(CO)c(N3CC(C)OC(C)C3)c(F)c2F)s1. The lowest BCUT2D eigenvalue weighted by Crippen LogP contribution is -2.46. The molecule has 8 heteroatoms. The first-order valence-corrected chi connectivity index (χ1v) is 9.11. The summed E-state index contributed by atoms with van der Waals surface area (Å²) in [6, 6.07) is 1.47. The number of aromatic nitrogens is 2. The topological polar surface area (TPSA) is 58.5 Å². The van der Waals surface area contributed by atoms with Crippen LogP contribution in [-0.2, 0) is 17.8 Å². The number of ether oxygens (including phenoxy) is 1. The van der Waals surface area contributed by atoms with E-state index in [1.54, 1.807) is 4.90 Å². The van der Waals surface area contributed by atoms with E-state index in [9.17, 15) is 13.9 Å². The molecule has 0 bridgehead atoms. The van der Waals surface area contributed by atoms with Crippen molar-refractivity contribution < 1.29 is 18.6 Å². The summed E-state index contributed by atoms with van der Waals surface area (Å²) < 4.78 is 35.3. The van der Waals surface area contributed by atoms with Crippen molar-refractivity contribution in [2.24, 2.45) is 0 Å². The lowest BCUT2D eigenvalue weighted by Gasteiger charge is -2.38. The van der Waals surface area contributed by atoms with E-state index in [0.29, 0.717) is 30.1 Å². The summed E-state index contributed by atoms with van der Waals surface area (Å²) in [6.07, 6.45) is 0.469. The number of benzene rings is 1. The van der Waals surface area contributed by atoms with Gasteiger partial charge in [0.05, 0.1) is 30.1 Å². The van der Waals surface area contributed by atoms with Crippen LogP contribution >= 0.6 is 11.3 Å². The van der Waals surface area contributed by atoms with E-state index in [1.807, 2.05) is 20.8 Å². The molecule has 1 aliphatic rings. The van der Waals surface area contributed by atoms with Crippen LogP contribution in [-0.4, -0.2) is 40.6 Å². The van der Waals surface area contributed by atoms with Crippen LogP contribution < -0.4 is 4.90 Å². The Bertz CT molecular complexity index is 759. The minimum absolute atomic E-state index is 0.0388. The zero-order chi connectivity index (χ0) is 18.1. The van der Waals surface area contributed by atoms with Gasteiger partial charge in [-0.15, -0.1) is 10.2 Å². The predicted molar refractivity (Wildman–Crippen MR) is 92.8 cm³/mol. The molecular formula is C17H21F2N3O2S. The number of nitrogens with zero attached hydrogens (tertiary/aromatic N) is 3. The number of anilines is 1. The molecule has 5 nitrogen and oxygen atoms in total. The second-order valence-corrected chi connectivity index (χ2v) is 7.30. The van der Waals surface area contributed by atoms with Crippen molar-refractivity contribution in [1.82, 2.24) is 10.2 Å². The molecule has 0 spiro atoms. The van der Waals surface area contributed by atoms with Crippen molar-refractivity contribution in [1.29, 1.82) is 0 Å². The summed E-state index contributed by atoms with van der Waals surface area (Å²) in [5.74, 6) is -1.92. The van der Waals surface area contributed by atoms with Crippen LogP contribution in [0, 0.1) is 11.6 Å². The number of hydrogen-bond donors (Lipinski definition) is 1. The van der Waals surface area contributed by atoms with Crippen LogP contribution in [0.25, 0.3) is 10.6 Å². The Morgan fingerprint density at radius 1 is 1.24 bits per heavy atom. The molecule has 0 radical (unpaired) electrons. The van der Waals surface area contributed by atoms with E-state index >= 15 is 0 Å². The third-order valence-corrected chi connectivity index (χ3v) is 5.27. The number of hydrogen-bond acceptors (Lipinski definition) is 6. The second kappa shape index (κ2) is 7.31. The molecule has 1 aliphatic heterocycles. The van der Waals surface area contributed by atoms with Gasteiger partial charge in [0.1, 0.15) is 5.01 Å². The van der Waals surface area contributed by atoms with Gasteiger partial charge in [-0.3, -0.25) is 0 Å². The van der Waals surface area contributed by atoms with Gasteiger partial charge in [0.25, 0.3) is 0 Å². The quantitative estimate of drug-likeness (QED) is 0.897. The first kappa shape index (κ1) is 18.2. The summed E-state index contributed by atoms with van der Waals surface area (Å²) in [7, 11) is 0. The van der Waals surface area contributed by atoms with E-state index in [4.69, 9.17) is 4.74 Å². The van der Waals surface area contributed by atoms with Crippen LogP contribution in [0.4, 0.5) is 14.5 Å². The Kier molecular flexibility index (Phi) is 5.31. The molecule has 25 heavy (non-hydrogen) atoms. The Balaban J connectivity index is 2.07. The van der Waals surface area contributed by atoms with Gasteiger partial charge in [-0.2, -0.15) is 0 Å². The van der Waals surface area contributed by atoms with E-state index < -0.39 is 11.6 Å². The zero-order valence-electron chi connectivity index (χ0n) is 14.4. The van der Waals surface area contributed by atoms with Gasteiger partial charge in [0.2, 0.25) is 0 Å². The highest BCUT2D eigenvalue weighted by Gasteiger charge is 2.29. The molecule has 2 aromatic rings. The summed E-state index contributed by atoms with van der Waals surface area (Å²) in [4.78, 5) is 1.74. The third kappa shape index (κ3) is 3.51. The van der Waals surface area contributed by atoms with Crippen molar-refractivity contribution in [3.63, 3.8) is 0 Å². The molecule has 1 N–H and O–H groups in total. The highest BCUT2D eigenvalue weighted by molar-refractivity contribution is 7.14. The van der Waals surface area contributed by atoms with Crippen LogP contribution in [0.5, 0.6) is 0 Å². The van der Waals surface area contributed by atoms with Gasteiger partial charge in [0.15, 0.2) is 16.6 Å². The largest absolute Gasteiger partial charge is 0.392 e. The van der Waals surface area contributed by atoms with Crippen LogP contribution in [0.2, 0.25) is 0 Å². The fourth-order valence-corrected chi connectivity index (χ4v) is 3.94. The fourth-order valence-electron chi connectivity index (χ4n) is 3.15. The molecule has 1 fully saturated rings. The Morgan fingerprint density at radius 3 is 2.48 bits per heavy atom. The van der Waals surface area contributed by atoms with Gasteiger partial charge in [-0.05, 0) is 26.3 Å². The minimum Gasteiger partial charge on any atom is -0.392 e. The summed E-state index contributed by atoms with van der Waals surface area (Å²) in [5.41, 5.74) is 0.478. The lowest BCUT2D eigenvalue weighted by molar-refractivity contribution is -0.00553. The number of rotatable bonds is 4. The molecular weight excluding hydrogens is 348 g/mol. The van der Waals surface area contributed by atoms with Crippen molar-refractivity contribution >= 4 is 17.0 Å². The van der Waals surface area contributed by atoms with E-state index in [-0.39, 0.29) is 30.1 Å². The molecule has 1 aromatic heterocycles. The predicted octanol–water partition coefficient (Wildman–Crippen LogP) is 3.15. The zero-order valence-corrected chi connectivity index (χ0v) is 15.2. The van der Waals surface area contributed by atoms with E-state index in [1.165, 1.54) is 17.4 Å². The van der Waals surface area contributed by atoms with Crippen LogP contribution in [0.1, 0.15) is 31.3 Å². The smallest absolute Gasteiger partial charge is 0.183 e. The Labute approximate surface area is 149 Å². The first-order valence-electron chi connectivity index (χ1n) is 8.29. The molecule has 1 aromatic carbocycles. The minimum atomic E-state index is -0.962. The monoisotopic (exact) mass is 369 g/mol. The average molecular weight is 369 g/mol. The molecule has 0 aliphatic carbocycles. The second-order valence-electron chi connectivity index (χ2n) is 6.23. The van der Waals surface area contributed by atoms with Gasteiger partial charge < -0.3 is 14.7 Å². The lowest BCUT2D eigenvalue weighted by atomic mass is 10.0. The fraction of sp³-hybridized carbons (Fsp3) is 0.529. The third-order valence-electron chi connectivity index (χ3n) is 4.17. The molecule has 2 heterocycles. The summed E-state index contributed by atoms with van der Waals surface area (Å²) >= 11 is 1.23. The first-order chi connectivity index (χ1) is 11.9. The number of aryl methyl sites for hydroxylation is 1. The maximum atomic E-state index is 14.9. The Hall–Kier alpha value is -1.64. The Morgan fingerprint density at radius 2 is 1.92 bits per heavy atom. The van der Waals surface area contributed by atoms with Crippen molar-refractivity contribution in [3.05, 3.63) is 28.3 Å². The maximum absolute atomic E-state index is 14.9. The highest BCUT2D eigenvalue weighted by Crippen LogP contribution is 2.36. The van der Waals surface area contributed by atoms with E-state index in [0.717, 1.165) is 5.01 Å². The molecule has 0 amide bonds. The molecule has 1 saturated heterocycles. The van der Waals surface area contributed by atoms with Crippen LogP contribution in [0.3, 0.4) is 0 Å². The maximum Gasteiger partial charge on any atom is 0.183 e.